The molecular formula is C14H16ClNO3. The highest BCUT2D eigenvalue weighted by molar-refractivity contribution is 6.30. The number of carboxylic acid groups (broad SMARTS) is 1. The van der Waals surface area contributed by atoms with E-state index in [1.165, 1.54) is 4.90 Å². The van der Waals surface area contributed by atoms with Crippen LogP contribution in [0.1, 0.15) is 25.3 Å². The molecule has 1 amide bonds. The monoisotopic (exact) mass is 281 g/mol. The summed E-state index contributed by atoms with van der Waals surface area (Å²) in [5, 5.41) is 9.65. The fourth-order valence-electron chi connectivity index (χ4n) is 2.12. The smallest absolute Gasteiger partial charge is 0.326 e. The third-order valence-electron chi connectivity index (χ3n) is 3.25. The third kappa shape index (κ3) is 3.47. The zero-order valence-corrected chi connectivity index (χ0v) is 11.4. The number of nitrogens with zero attached hydrogens (tertiary/aromatic N) is 1. The molecule has 1 N–H and O–H groups in total. The van der Waals surface area contributed by atoms with Crippen LogP contribution in [0.2, 0.25) is 5.02 Å². The fraction of sp³-hybridized carbons (Fsp3) is 0.429. The second-order valence-electron chi connectivity index (χ2n) is 4.85. The van der Waals surface area contributed by atoms with E-state index in [1.54, 1.807) is 25.1 Å². The van der Waals surface area contributed by atoms with Gasteiger partial charge in [-0.15, -0.1) is 0 Å². The minimum atomic E-state index is -0.966. The number of rotatable bonds is 5. The minimum absolute atomic E-state index is 0.0813. The number of aliphatic carboxylic acids is 1. The van der Waals surface area contributed by atoms with E-state index in [4.69, 9.17) is 16.7 Å². The van der Waals surface area contributed by atoms with Crippen molar-refractivity contribution in [3.63, 3.8) is 0 Å². The number of halogens is 1. The van der Waals surface area contributed by atoms with Crippen LogP contribution in [0.3, 0.4) is 0 Å². The Labute approximate surface area is 117 Å². The second-order valence-corrected chi connectivity index (χ2v) is 5.29. The molecule has 1 aliphatic carbocycles. The molecule has 1 saturated carbocycles. The number of carbonyl (C=O) groups excluding carboxylic acids is 1. The molecule has 1 aliphatic rings. The van der Waals surface area contributed by atoms with Gasteiger partial charge in [0.25, 0.3) is 0 Å². The molecule has 1 fully saturated rings. The van der Waals surface area contributed by atoms with Gasteiger partial charge in [0, 0.05) is 11.1 Å². The molecule has 0 spiro atoms. The molecule has 1 aromatic carbocycles. The number of carboxylic acids is 1. The molecule has 4 nitrogen and oxygen atoms in total. The lowest BCUT2D eigenvalue weighted by Gasteiger charge is -2.26. The maximum Gasteiger partial charge on any atom is 0.326 e. The standard InChI is InChI=1S/C14H16ClNO3/c1-9(14(18)19)16(12-5-6-12)13(17)8-10-3-2-4-11(15)7-10/h2-4,7,9,12H,5-6,8H2,1H3,(H,18,19). The summed E-state index contributed by atoms with van der Waals surface area (Å²) in [6, 6.07) is 6.38. The molecule has 0 bridgehead atoms. The Morgan fingerprint density at radius 3 is 2.68 bits per heavy atom. The van der Waals surface area contributed by atoms with E-state index in [1.807, 2.05) is 6.07 Å². The van der Waals surface area contributed by atoms with Crippen molar-refractivity contribution in [3.05, 3.63) is 34.9 Å². The Balaban J connectivity index is 2.10. The van der Waals surface area contributed by atoms with Crippen molar-refractivity contribution in [1.82, 2.24) is 4.90 Å². The molecule has 19 heavy (non-hydrogen) atoms. The van der Waals surface area contributed by atoms with Gasteiger partial charge in [-0.2, -0.15) is 0 Å². The Morgan fingerprint density at radius 2 is 2.16 bits per heavy atom. The lowest BCUT2D eigenvalue weighted by Crippen LogP contribution is -2.45. The highest BCUT2D eigenvalue weighted by Crippen LogP contribution is 2.29. The zero-order valence-electron chi connectivity index (χ0n) is 10.7. The van der Waals surface area contributed by atoms with E-state index in [2.05, 4.69) is 0 Å². The van der Waals surface area contributed by atoms with Gasteiger partial charge in [-0.1, -0.05) is 23.7 Å². The Morgan fingerprint density at radius 1 is 1.47 bits per heavy atom. The van der Waals surface area contributed by atoms with Crippen molar-refractivity contribution in [3.8, 4) is 0 Å². The predicted octanol–water partition coefficient (Wildman–Crippen LogP) is 2.35. The first-order valence-corrected chi connectivity index (χ1v) is 6.65. The summed E-state index contributed by atoms with van der Waals surface area (Å²) < 4.78 is 0. The van der Waals surface area contributed by atoms with Crippen LogP contribution in [-0.2, 0) is 16.0 Å². The van der Waals surface area contributed by atoms with Crippen molar-refractivity contribution in [2.24, 2.45) is 0 Å². The van der Waals surface area contributed by atoms with Crippen LogP contribution >= 0.6 is 11.6 Å². The highest BCUT2D eigenvalue weighted by atomic mass is 35.5. The first kappa shape index (κ1) is 13.9. The maximum atomic E-state index is 12.3. The van der Waals surface area contributed by atoms with E-state index in [0.717, 1.165) is 18.4 Å². The van der Waals surface area contributed by atoms with Gasteiger partial charge in [-0.3, -0.25) is 4.79 Å². The number of benzene rings is 1. The lowest BCUT2D eigenvalue weighted by molar-refractivity contribution is -0.149. The Bertz CT molecular complexity index is 499. The largest absolute Gasteiger partial charge is 0.480 e. The molecule has 1 atom stereocenters. The van der Waals surface area contributed by atoms with Crippen LogP contribution in [0, 0.1) is 0 Å². The van der Waals surface area contributed by atoms with Crippen LogP contribution in [-0.4, -0.2) is 34.0 Å². The molecule has 0 heterocycles. The second kappa shape index (κ2) is 5.61. The van der Waals surface area contributed by atoms with E-state index in [0.29, 0.717) is 5.02 Å². The van der Waals surface area contributed by atoms with Crippen LogP contribution in [0.5, 0.6) is 0 Å². The van der Waals surface area contributed by atoms with Gasteiger partial charge >= 0.3 is 5.97 Å². The number of hydrogen-bond acceptors (Lipinski definition) is 2. The van der Waals surface area contributed by atoms with E-state index in [9.17, 15) is 9.59 Å². The summed E-state index contributed by atoms with van der Waals surface area (Å²) in [6.45, 7) is 1.55. The van der Waals surface area contributed by atoms with Gasteiger partial charge < -0.3 is 10.0 Å². The van der Waals surface area contributed by atoms with Crippen molar-refractivity contribution in [2.75, 3.05) is 0 Å². The van der Waals surface area contributed by atoms with Crippen molar-refractivity contribution in [1.29, 1.82) is 0 Å². The number of carbonyl (C=O) groups is 2. The first-order valence-electron chi connectivity index (χ1n) is 6.27. The molecule has 0 saturated heterocycles. The quantitative estimate of drug-likeness (QED) is 0.901. The number of hydrogen-bond donors (Lipinski definition) is 1. The normalized spacial score (nSPS) is 15.9. The third-order valence-corrected chi connectivity index (χ3v) is 3.48. The minimum Gasteiger partial charge on any atom is -0.480 e. The predicted molar refractivity (Wildman–Crippen MR) is 72.1 cm³/mol. The van der Waals surface area contributed by atoms with Crippen LogP contribution in [0.15, 0.2) is 24.3 Å². The molecule has 5 heteroatoms. The summed E-state index contributed by atoms with van der Waals surface area (Å²) in [5.74, 6) is -1.12. The molecule has 102 valence electrons. The topological polar surface area (TPSA) is 57.6 Å². The molecule has 1 unspecified atom stereocenters. The van der Waals surface area contributed by atoms with E-state index in [-0.39, 0.29) is 18.4 Å². The summed E-state index contributed by atoms with van der Waals surface area (Å²) in [5.41, 5.74) is 0.806. The van der Waals surface area contributed by atoms with Gasteiger partial charge in [-0.25, -0.2) is 4.79 Å². The Kier molecular flexibility index (Phi) is 4.10. The van der Waals surface area contributed by atoms with Crippen LogP contribution in [0.25, 0.3) is 0 Å². The summed E-state index contributed by atoms with van der Waals surface area (Å²) in [7, 11) is 0. The van der Waals surface area contributed by atoms with E-state index < -0.39 is 12.0 Å². The van der Waals surface area contributed by atoms with Crippen molar-refractivity contribution in [2.45, 2.75) is 38.3 Å². The highest BCUT2D eigenvalue weighted by Gasteiger charge is 2.38. The van der Waals surface area contributed by atoms with Gasteiger partial charge in [0.2, 0.25) is 5.91 Å². The molecule has 1 aromatic rings. The maximum absolute atomic E-state index is 12.3. The fourth-order valence-corrected chi connectivity index (χ4v) is 2.33. The van der Waals surface area contributed by atoms with Crippen molar-refractivity contribution < 1.29 is 14.7 Å². The van der Waals surface area contributed by atoms with Crippen molar-refractivity contribution >= 4 is 23.5 Å². The summed E-state index contributed by atoms with van der Waals surface area (Å²) >= 11 is 5.88. The summed E-state index contributed by atoms with van der Waals surface area (Å²) in [4.78, 5) is 24.8. The lowest BCUT2D eigenvalue weighted by atomic mass is 10.1. The summed E-state index contributed by atoms with van der Waals surface area (Å²) in [6.07, 6.45) is 1.96. The molecule has 0 aromatic heterocycles. The zero-order chi connectivity index (χ0) is 14.0. The Hall–Kier alpha value is -1.55. The van der Waals surface area contributed by atoms with Gasteiger partial charge in [-0.05, 0) is 37.5 Å². The van der Waals surface area contributed by atoms with Gasteiger partial charge in [0.05, 0.1) is 6.42 Å². The SMILES string of the molecule is CC(C(=O)O)N(C(=O)Cc1cccc(Cl)c1)C1CC1. The van der Waals surface area contributed by atoms with Gasteiger partial charge in [0.15, 0.2) is 0 Å². The number of amides is 1. The van der Waals surface area contributed by atoms with Crippen LogP contribution < -0.4 is 0 Å². The molecule has 0 aliphatic heterocycles. The average molecular weight is 282 g/mol. The van der Waals surface area contributed by atoms with E-state index >= 15 is 0 Å². The first-order chi connectivity index (χ1) is 8.99. The molecular weight excluding hydrogens is 266 g/mol. The molecule has 2 rings (SSSR count). The van der Waals surface area contributed by atoms with Gasteiger partial charge in [0.1, 0.15) is 6.04 Å². The molecule has 0 radical (unpaired) electrons. The average Bonchev–Trinajstić information content (AvgIpc) is 3.13. The van der Waals surface area contributed by atoms with Crippen LogP contribution in [0.4, 0.5) is 0 Å².